The van der Waals surface area contributed by atoms with E-state index in [0.717, 1.165) is 12.8 Å². The highest BCUT2D eigenvalue weighted by Crippen LogP contribution is 2.34. The Labute approximate surface area is 178 Å². The van der Waals surface area contributed by atoms with E-state index in [4.69, 9.17) is 0 Å². The SMILES string of the molecule is CCCC#CCC(C)C(O)/C=C/[C@H]1CC(F)(F)C(=O)N1CCC/C=C/CC(=O)OC. The summed E-state index contributed by atoms with van der Waals surface area (Å²) in [6.45, 7) is 4.07. The van der Waals surface area contributed by atoms with Crippen molar-refractivity contribution in [1.82, 2.24) is 4.90 Å². The third kappa shape index (κ3) is 8.66. The number of hydrogen-bond acceptors (Lipinski definition) is 4. The average Bonchev–Trinajstić information content (AvgIpc) is 2.94. The highest BCUT2D eigenvalue weighted by molar-refractivity contribution is 5.86. The van der Waals surface area contributed by atoms with Gasteiger partial charge < -0.3 is 14.7 Å². The van der Waals surface area contributed by atoms with Crippen molar-refractivity contribution < 1.29 is 28.2 Å². The third-order valence-corrected chi connectivity index (χ3v) is 4.93. The molecule has 2 unspecified atom stereocenters. The van der Waals surface area contributed by atoms with Gasteiger partial charge in [0.15, 0.2) is 0 Å². The molecule has 1 heterocycles. The number of aliphatic hydroxyl groups excluding tert-OH is 1. The fourth-order valence-corrected chi connectivity index (χ4v) is 3.02. The van der Waals surface area contributed by atoms with Gasteiger partial charge in [-0.1, -0.05) is 38.2 Å². The first kappa shape index (κ1) is 25.8. The van der Waals surface area contributed by atoms with Crippen molar-refractivity contribution in [2.75, 3.05) is 13.7 Å². The van der Waals surface area contributed by atoms with Crippen LogP contribution in [0.15, 0.2) is 24.3 Å². The minimum absolute atomic E-state index is 0.128. The Balaban J connectivity index is 2.61. The number of carbonyl (C=O) groups is 2. The zero-order chi connectivity index (χ0) is 22.6. The molecule has 1 N–H and O–H groups in total. The zero-order valence-electron chi connectivity index (χ0n) is 18.1. The van der Waals surface area contributed by atoms with Gasteiger partial charge in [-0.25, -0.2) is 0 Å². The molecule has 0 saturated carbocycles. The van der Waals surface area contributed by atoms with E-state index in [-0.39, 0.29) is 24.9 Å². The van der Waals surface area contributed by atoms with Gasteiger partial charge in [-0.05, 0) is 25.2 Å². The maximum atomic E-state index is 13.9. The summed E-state index contributed by atoms with van der Waals surface area (Å²) < 4.78 is 32.4. The van der Waals surface area contributed by atoms with E-state index in [1.54, 1.807) is 12.2 Å². The lowest BCUT2D eigenvalue weighted by Gasteiger charge is -2.22. The number of aliphatic hydroxyl groups is 1. The van der Waals surface area contributed by atoms with Crippen LogP contribution in [-0.2, 0) is 14.3 Å². The van der Waals surface area contributed by atoms with Gasteiger partial charge >= 0.3 is 11.9 Å². The van der Waals surface area contributed by atoms with E-state index in [9.17, 15) is 23.5 Å². The third-order valence-electron chi connectivity index (χ3n) is 4.93. The van der Waals surface area contributed by atoms with Crippen LogP contribution in [0.4, 0.5) is 8.78 Å². The second kappa shape index (κ2) is 13.2. The first-order chi connectivity index (χ1) is 14.2. The molecule has 0 radical (unpaired) electrons. The minimum atomic E-state index is -3.39. The lowest BCUT2D eigenvalue weighted by atomic mass is 9.99. The lowest BCUT2D eigenvalue weighted by Crippen LogP contribution is -2.36. The first-order valence-corrected chi connectivity index (χ1v) is 10.5. The van der Waals surface area contributed by atoms with Crippen LogP contribution in [0.25, 0.3) is 0 Å². The molecule has 0 spiro atoms. The molecular formula is C23H33F2NO4. The quantitative estimate of drug-likeness (QED) is 0.236. The number of halogens is 2. The Morgan fingerprint density at radius 1 is 1.40 bits per heavy atom. The molecule has 5 nitrogen and oxygen atoms in total. The van der Waals surface area contributed by atoms with Crippen molar-refractivity contribution in [3.63, 3.8) is 0 Å². The number of amides is 1. The maximum Gasteiger partial charge on any atom is 0.327 e. The summed E-state index contributed by atoms with van der Waals surface area (Å²) in [7, 11) is 1.31. The highest BCUT2D eigenvalue weighted by Gasteiger charge is 2.52. The van der Waals surface area contributed by atoms with E-state index in [0.29, 0.717) is 19.3 Å². The predicted molar refractivity (Wildman–Crippen MR) is 112 cm³/mol. The number of hydrogen-bond donors (Lipinski definition) is 1. The number of esters is 1. The van der Waals surface area contributed by atoms with E-state index in [1.807, 2.05) is 13.8 Å². The van der Waals surface area contributed by atoms with Gasteiger partial charge in [-0.15, -0.1) is 11.8 Å². The maximum absolute atomic E-state index is 13.9. The average molecular weight is 426 g/mol. The molecule has 1 fully saturated rings. The number of allylic oxidation sites excluding steroid dienone is 1. The molecule has 1 rings (SSSR count). The van der Waals surface area contributed by atoms with Crippen LogP contribution in [0.1, 0.15) is 58.8 Å². The second-order valence-corrected chi connectivity index (χ2v) is 7.53. The first-order valence-electron chi connectivity index (χ1n) is 10.5. The molecule has 1 saturated heterocycles. The van der Waals surface area contributed by atoms with Gasteiger partial charge in [0.25, 0.3) is 5.91 Å². The molecule has 1 aliphatic heterocycles. The number of carbonyl (C=O) groups excluding carboxylic acids is 2. The van der Waals surface area contributed by atoms with Gasteiger partial charge in [-0.2, -0.15) is 8.78 Å². The Morgan fingerprint density at radius 3 is 2.80 bits per heavy atom. The van der Waals surface area contributed by atoms with E-state index in [2.05, 4.69) is 16.6 Å². The molecule has 7 heteroatoms. The largest absolute Gasteiger partial charge is 0.469 e. The van der Waals surface area contributed by atoms with Crippen molar-refractivity contribution >= 4 is 11.9 Å². The summed E-state index contributed by atoms with van der Waals surface area (Å²) >= 11 is 0. The molecule has 1 amide bonds. The van der Waals surface area contributed by atoms with Crippen molar-refractivity contribution in [3.05, 3.63) is 24.3 Å². The van der Waals surface area contributed by atoms with Gasteiger partial charge in [0.1, 0.15) is 0 Å². The number of rotatable bonds is 11. The van der Waals surface area contributed by atoms with Crippen molar-refractivity contribution in [1.29, 1.82) is 0 Å². The fraction of sp³-hybridized carbons (Fsp3) is 0.652. The monoisotopic (exact) mass is 425 g/mol. The fourth-order valence-electron chi connectivity index (χ4n) is 3.02. The molecular weight excluding hydrogens is 392 g/mol. The van der Waals surface area contributed by atoms with Crippen LogP contribution in [0.2, 0.25) is 0 Å². The molecule has 30 heavy (non-hydrogen) atoms. The number of methoxy groups -OCH3 is 1. The summed E-state index contributed by atoms with van der Waals surface area (Å²) in [4.78, 5) is 24.2. The topological polar surface area (TPSA) is 66.8 Å². The van der Waals surface area contributed by atoms with Crippen LogP contribution >= 0.6 is 0 Å². The van der Waals surface area contributed by atoms with Gasteiger partial charge in [-0.3, -0.25) is 9.59 Å². The Bertz CT molecular complexity index is 678. The van der Waals surface area contributed by atoms with E-state index in [1.165, 1.54) is 24.2 Å². The Hall–Kier alpha value is -2.20. The van der Waals surface area contributed by atoms with Crippen LogP contribution < -0.4 is 0 Å². The molecule has 168 valence electrons. The molecule has 1 aliphatic rings. The summed E-state index contributed by atoms with van der Waals surface area (Å²) in [5.74, 6) is 0.988. The van der Waals surface area contributed by atoms with Crippen LogP contribution in [-0.4, -0.2) is 53.6 Å². The number of alkyl halides is 2. The van der Waals surface area contributed by atoms with Crippen molar-refractivity contribution in [3.8, 4) is 11.8 Å². The van der Waals surface area contributed by atoms with E-state index >= 15 is 0 Å². The van der Waals surface area contributed by atoms with Crippen molar-refractivity contribution in [2.24, 2.45) is 5.92 Å². The highest BCUT2D eigenvalue weighted by atomic mass is 19.3. The summed E-state index contributed by atoms with van der Waals surface area (Å²) in [6.07, 6.45) is 8.54. The Morgan fingerprint density at radius 2 is 2.13 bits per heavy atom. The van der Waals surface area contributed by atoms with Crippen LogP contribution in [0.3, 0.4) is 0 Å². The van der Waals surface area contributed by atoms with Gasteiger partial charge in [0.05, 0.1) is 25.7 Å². The number of nitrogens with zero attached hydrogens (tertiary/aromatic N) is 1. The van der Waals surface area contributed by atoms with Crippen molar-refractivity contribution in [2.45, 2.75) is 76.9 Å². The Kier molecular flexibility index (Phi) is 11.3. The number of likely N-dealkylation sites (tertiary alicyclic amines) is 1. The molecule has 0 aromatic rings. The normalized spacial score (nSPS) is 20.4. The van der Waals surface area contributed by atoms with E-state index < -0.39 is 30.4 Å². The standard InChI is InChI=1S/C23H33F2NO4/c1-4-5-6-9-12-18(2)20(27)15-14-19-17-23(24,25)22(29)26(19)16-11-8-7-10-13-21(28)30-3/h7,10,14-15,18-20,27H,4-5,8,11-13,16-17H2,1-3H3/b10-7+,15-14+/t18?,19-,20?/m0/s1. The van der Waals surface area contributed by atoms with Crippen LogP contribution in [0.5, 0.6) is 0 Å². The number of ether oxygens (including phenoxy) is 1. The zero-order valence-corrected chi connectivity index (χ0v) is 18.1. The van der Waals surface area contributed by atoms with Gasteiger partial charge in [0.2, 0.25) is 0 Å². The molecule has 0 aromatic heterocycles. The smallest absolute Gasteiger partial charge is 0.327 e. The summed E-state index contributed by atoms with van der Waals surface area (Å²) in [6, 6.07) is -0.750. The van der Waals surface area contributed by atoms with Gasteiger partial charge in [0, 0.05) is 25.8 Å². The predicted octanol–water partition coefficient (Wildman–Crippen LogP) is 3.87. The molecule has 0 aromatic carbocycles. The molecule has 0 aliphatic carbocycles. The summed E-state index contributed by atoms with van der Waals surface area (Å²) in [5.41, 5.74) is 0. The second-order valence-electron chi connectivity index (χ2n) is 7.53. The minimum Gasteiger partial charge on any atom is -0.469 e. The number of unbranched alkanes of at least 4 members (excludes halogenated alkanes) is 2. The lowest BCUT2D eigenvalue weighted by molar-refractivity contribution is -0.148. The van der Waals surface area contributed by atoms with Crippen LogP contribution in [0, 0.1) is 17.8 Å². The molecule has 3 atom stereocenters. The summed E-state index contributed by atoms with van der Waals surface area (Å²) in [5, 5.41) is 10.3. The molecule has 0 bridgehead atoms.